The van der Waals surface area contributed by atoms with Gasteiger partial charge in [-0.2, -0.15) is 4.98 Å². The van der Waals surface area contributed by atoms with Crippen molar-refractivity contribution in [3.8, 4) is 22.9 Å². The number of ether oxygens (including phenoxy) is 3. The van der Waals surface area contributed by atoms with E-state index >= 15 is 4.39 Å². The van der Waals surface area contributed by atoms with Gasteiger partial charge in [0, 0.05) is 24.2 Å². The predicted molar refractivity (Wildman–Crippen MR) is 153 cm³/mol. The number of nitrogens with zero attached hydrogens (tertiary/aromatic N) is 2. The summed E-state index contributed by atoms with van der Waals surface area (Å²) in [6.07, 6.45) is 1.25. The monoisotopic (exact) mass is 540 g/mol. The minimum Gasteiger partial charge on any atom is -0.473 e. The fourth-order valence-corrected chi connectivity index (χ4v) is 5.11. The fourth-order valence-electron chi connectivity index (χ4n) is 5.11. The average Bonchev–Trinajstić information content (AvgIpc) is 3.00. The van der Waals surface area contributed by atoms with E-state index in [1.54, 1.807) is 12.1 Å². The van der Waals surface area contributed by atoms with Crippen LogP contribution < -0.4 is 14.4 Å². The van der Waals surface area contributed by atoms with Gasteiger partial charge in [0.15, 0.2) is 0 Å². The summed E-state index contributed by atoms with van der Waals surface area (Å²) in [6, 6.07) is 28.5. The van der Waals surface area contributed by atoms with E-state index in [-0.39, 0.29) is 23.7 Å². The number of benzene rings is 3. The van der Waals surface area contributed by atoms with Crippen molar-refractivity contribution in [3.63, 3.8) is 0 Å². The second kappa shape index (κ2) is 12.6. The zero-order valence-corrected chi connectivity index (χ0v) is 22.8. The van der Waals surface area contributed by atoms with Crippen LogP contribution in [0.5, 0.6) is 11.8 Å². The maximum Gasteiger partial charge on any atom is 0.308 e. The molecule has 2 unspecified atom stereocenters. The van der Waals surface area contributed by atoms with E-state index in [1.807, 2.05) is 84.6 Å². The smallest absolute Gasteiger partial charge is 0.308 e. The van der Waals surface area contributed by atoms with E-state index in [0.717, 1.165) is 11.1 Å². The van der Waals surface area contributed by atoms with Gasteiger partial charge in [-0.05, 0) is 54.7 Å². The highest BCUT2D eigenvalue weighted by Crippen LogP contribution is 2.36. The minimum atomic E-state index is -0.334. The zero-order valence-electron chi connectivity index (χ0n) is 22.8. The molecule has 0 aliphatic carbocycles. The maximum atomic E-state index is 15.6. The third-order valence-electron chi connectivity index (χ3n) is 7.26. The Hall–Kier alpha value is -4.39. The number of piperidine rings is 1. The topological polar surface area (TPSA) is 60.9 Å². The Kier molecular flexibility index (Phi) is 8.59. The molecule has 206 valence electrons. The highest BCUT2D eigenvalue weighted by molar-refractivity contribution is 5.74. The van der Waals surface area contributed by atoms with Gasteiger partial charge in [-0.1, -0.05) is 66.7 Å². The molecule has 7 heteroatoms. The van der Waals surface area contributed by atoms with Crippen LogP contribution in [0.4, 0.5) is 10.1 Å². The standard InChI is InChI=1S/C33H33FN2O4/c1-23-19-27(33(37)38-2)17-18-36(23)30-15-13-26(20-29(30)34)28-14-16-31(39-21-24-9-5-3-6-10-24)35-32(28)40-22-25-11-7-4-8-12-25/h3-16,20,23,27H,17-19,21-22H2,1-2H3. The summed E-state index contributed by atoms with van der Waals surface area (Å²) in [6.45, 7) is 3.28. The highest BCUT2D eigenvalue weighted by Gasteiger charge is 2.31. The summed E-state index contributed by atoms with van der Waals surface area (Å²) in [4.78, 5) is 18.7. The van der Waals surface area contributed by atoms with Crippen LogP contribution in [0.3, 0.4) is 0 Å². The largest absolute Gasteiger partial charge is 0.473 e. The van der Waals surface area contributed by atoms with Gasteiger partial charge in [-0.15, -0.1) is 0 Å². The van der Waals surface area contributed by atoms with Gasteiger partial charge >= 0.3 is 5.97 Å². The van der Waals surface area contributed by atoms with Crippen LogP contribution in [0.2, 0.25) is 0 Å². The van der Waals surface area contributed by atoms with Crippen LogP contribution in [0.15, 0.2) is 91.0 Å². The van der Waals surface area contributed by atoms with Crippen molar-refractivity contribution in [2.75, 3.05) is 18.6 Å². The summed E-state index contributed by atoms with van der Waals surface area (Å²) in [5.41, 5.74) is 3.87. The molecule has 40 heavy (non-hydrogen) atoms. The number of esters is 1. The molecule has 4 aromatic rings. The summed E-state index contributed by atoms with van der Waals surface area (Å²) >= 11 is 0. The summed E-state index contributed by atoms with van der Waals surface area (Å²) in [5, 5.41) is 0. The molecular formula is C33H33FN2O4. The van der Waals surface area contributed by atoms with Crippen LogP contribution in [-0.2, 0) is 22.7 Å². The van der Waals surface area contributed by atoms with E-state index in [4.69, 9.17) is 14.2 Å². The number of carbonyl (C=O) groups is 1. The fraction of sp³-hybridized carbons (Fsp3) is 0.273. The Morgan fingerprint density at radius 1 is 0.925 bits per heavy atom. The van der Waals surface area contributed by atoms with Crippen molar-refractivity contribution >= 4 is 11.7 Å². The lowest BCUT2D eigenvalue weighted by atomic mass is 9.91. The Balaban J connectivity index is 1.38. The highest BCUT2D eigenvalue weighted by atomic mass is 19.1. The van der Waals surface area contributed by atoms with Crippen LogP contribution in [0, 0.1) is 11.7 Å². The molecule has 3 aromatic carbocycles. The molecule has 0 radical (unpaired) electrons. The second-order valence-corrected chi connectivity index (χ2v) is 10.0. The second-order valence-electron chi connectivity index (χ2n) is 10.0. The van der Waals surface area contributed by atoms with E-state index in [0.29, 0.717) is 61.2 Å². The minimum absolute atomic E-state index is 0.00526. The first kappa shape index (κ1) is 27.2. The third-order valence-corrected chi connectivity index (χ3v) is 7.26. The van der Waals surface area contributed by atoms with Gasteiger partial charge in [-0.25, -0.2) is 4.39 Å². The molecule has 0 bridgehead atoms. The first-order chi connectivity index (χ1) is 19.5. The lowest BCUT2D eigenvalue weighted by Gasteiger charge is -2.38. The molecule has 0 amide bonds. The van der Waals surface area contributed by atoms with Crippen LogP contribution in [-0.4, -0.2) is 30.6 Å². The van der Waals surface area contributed by atoms with Gasteiger partial charge in [-0.3, -0.25) is 4.79 Å². The molecule has 5 rings (SSSR count). The summed E-state index contributed by atoms with van der Waals surface area (Å²) < 4.78 is 32.6. The first-order valence-electron chi connectivity index (χ1n) is 13.5. The number of anilines is 1. The van der Waals surface area contributed by atoms with E-state index < -0.39 is 0 Å². The Bertz CT molecular complexity index is 1430. The van der Waals surface area contributed by atoms with Gasteiger partial charge in [0.05, 0.1) is 18.7 Å². The number of rotatable bonds is 9. The normalized spacial score (nSPS) is 16.8. The lowest BCUT2D eigenvalue weighted by Crippen LogP contribution is -2.43. The van der Waals surface area contributed by atoms with Crippen molar-refractivity contribution < 1.29 is 23.4 Å². The molecule has 1 aromatic heterocycles. The number of hydrogen-bond acceptors (Lipinski definition) is 6. The van der Waals surface area contributed by atoms with Crippen molar-refractivity contribution in [2.45, 2.75) is 39.0 Å². The molecule has 0 N–H and O–H groups in total. The maximum absolute atomic E-state index is 15.6. The zero-order chi connectivity index (χ0) is 27.9. The molecule has 1 aliphatic heterocycles. The molecule has 1 saturated heterocycles. The quantitative estimate of drug-likeness (QED) is 0.217. The predicted octanol–water partition coefficient (Wildman–Crippen LogP) is 6.82. The number of carbonyl (C=O) groups excluding carboxylic acids is 1. The molecule has 2 heterocycles. The molecule has 0 saturated carbocycles. The number of methoxy groups -OCH3 is 1. The van der Waals surface area contributed by atoms with Crippen molar-refractivity contribution in [1.82, 2.24) is 4.98 Å². The summed E-state index contributed by atoms with van der Waals surface area (Å²) in [7, 11) is 1.41. The molecule has 2 atom stereocenters. The average molecular weight is 541 g/mol. The van der Waals surface area contributed by atoms with Gasteiger partial charge < -0.3 is 19.1 Å². The lowest BCUT2D eigenvalue weighted by molar-refractivity contribution is -0.146. The Morgan fingerprint density at radius 2 is 1.60 bits per heavy atom. The molecular weight excluding hydrogens is 507 g/mol. The van der Waals surface area contributed by atoms with Crippen molar-refractivity contribution in [1.29, 1.82) is 0 Å². The van der Waals surface area contributed by atoms with Crippen LogP contribution in [0.25, 0.3) is 11.1 Å². The first-order valence-corrected chi connectivity index (χ1v) is 13.5. The van der Waals surface area contributed by atoms with E-state index in [9.17, 15) is 4.79 Å². The van der Waals surface area contributed by atoms with Gasteiger partial charge in [0.1, 0.15) is 19.0 Å². The number of halogens is 1. The summed E-state index contributed by atoms with van der Waals surface area (Å²) in [5.74, 6) is 0.105. The van der Waals surface area contributed by atoms with E-state index in [1.165, 1.54) is 13.2 Å². The molecule has 1 fully saturated rings. The Labute approximate surface area is 234 Å². The van der Waals surface area contributed by atoms with Crippen molar-refractivity contribution in [2.24, 2.45) is 5.92 Å². The number of pyridine rings is 1. The molecule has 6 nitrogen and oxygen atoms in total. The van der Waals surface area contributed by atoms with Crippen molar-refractivity contribution in [3.05, 3.63) is 108 Å². The molecule has 0 spiro atoms. The van der Waals surface area contributed by atoms with Crippen LogP contribution >= 0.6 is 0 Å². The Morgan fingerprint density at radius 3 is 2.23 bits per heavy atom. The third kappa shape index (κ3) is 6.42. The number of hydrogen-bond donors (Lipinski definition) is 0. The van der Waals surface area contributed by atoms with Gasteiger partial charge in [0.25, 0.3) is 0 Å². The van der Waals surface area contributed by atoms with E-state index in [2.05, 4.69) is 4.98 Å². The van der Waals surface area contributed by atoms with Crippen LogP contribution in [0.1, 0.15) is 30.9 Å². The van der Waals surface area contributed by atoms with Gasteiger partial charge in [0.2, 0.25) is 11.8 Å². The molecule has 1 aliphatic rings. The SMILES string of the molecule is COC(=O)C1CCN(c2ccc(-c3ccc(OCc4ccccc4)nc3OCc3ccccc3)cc2F)C(C)C1. The number of aromatic nitrogens is 1.